The van der Waals surface area contributed by atoms with Gasteiger partial charge in [0.05, 0.1) is 11.2 Å². The molecule has 6 N–H and O–H groups in total. The van der Waals surface area contributed by atoms with E-state index in [0.717, 1.165) is 4.90 Å². The molecule has 0 bridgehead atoms. The summed E-state index contributed by atoms with van der Waals surface area (Å²) in [7, 11) is -3.57. The number of phenolic OH excluding ortho intramolecular Hbond substituents is 1. The molecular weight excluding hydrogens is 568 g/mol. The predicted octanol–water partition coefficient (Wildman–Crippen LogP) is -0.771. The van der Waals surface area contributed by atoms with Gasteiger partial charge in [-0.25, -0.2) is 18.0 Å². The van der Waals surface area contributed by atoms with Gasteiger partial charge >= 0.3 is 11.9 Å². The van der Waals surface area contributed by atoms with Gasteiger partial charge < -0.3 is 36.2 Å². The molecule has 4 aliphatic rings. The summed E-state index contributed by atoms with van der Waals surface area (Å²) in [6.45, 7) is 6.24. The number of amides is 3. The highest BCUT2D eigenvalue weighted by atomic mass is 32.2. The van der Waals surface area contributed by atoms with Crippen LogP contribution < -0.4 is 11.1 Å². The number of carboxylic acid groups (broad SMARTS) is 2. The SMILES string of the molecule is CC1(C)S[C@@H]2[C@H](NC(=O)[C@H](N)c3ccc(O)cc3)C(=O)N2[C@H]1C(=O)O.CC1(C)[C@H](C(=O)O)N2C(=O)C[C@H]2S1(=O)=O. The summed E-state index contributed by atoms with van der Waals surface area (Å²) in [5, 5.41) is 28.9. The second kappa shape index (κ2) is 9.62. The van der Waals surface area contributed by atoms with E-state index in [2.05, 4.69) is 5.32 Å². The lowest BCUT2D eigenvalue weighted by Gasteiger charge is -2.43. The smallest absolute Gasteiger partial charge is 0.328 e. The van der Waals surface area contributed by atoms with Crippen LogP contribution in [0.5, 0.6) is 5.75 Å². The van der Waals surface area contributed by atoms with Crippen molar-refractivity contribution < 1.29 is 47.7 Å². The number of carboxylic acids is 2. The molecule has 0 saturated carbocycles. The Morgan fingerprint density at radius 1 is 1.02 bits per heavy atom. The van der Waals surface area contributed by atoms with Gasteiger partial charge in [0.25, 0.3) is 0 Å². The van der Waals surface area contributed by atoms with Crippen molar-refractivity contribution in [3.05, 3.63) is 29.8 Å². The zero-order chi connectivity index (χ0) is 30.1. The highest BCUT2D eigenvalue weighted by Crippen LogP contribution is 2.51. The molecule has 40 heavy (non-hydrogen) atoms. The molecule has 4 fully saturated rings. The minimum atomic E-state index is -3.57. The van der Waals surface area contributed by atoms with Crippen LogP contribution in [0, 0.1) is 0 Å². The Labute approximate surface area is 233 Å². The molecule has 5 rings (SSSR count). The number of hydrogen-bond acceptors (Lipinski definition) is 10. The summed E-state index contributed by atoms with van der Waals surface area (Å²) in [4.78, 5) is 60.6. The molecule has 0 unspecified atom stereocenters. The van der Waals surface area contributed by atoms with Crippen molar-refractivity contribution >= 4 is 51.3 Å². The first-order valence-corrected chi connectivity index (χ1v) is 14.6. The number of rotatable bonds is 5. The Balaban J connectivity index is 0.000000210. The Bertz CT molecular complexity index is 1390. The average Bonchev–Trinajstić information content (AvgIpc) is 3.18. The molecule has 4 aliphatic heterocycles. The second-order valence-corrected chi connectivity index (χ2v) is 15.5. The van der Waals surface area contributed by atoms with E-state index in [1.807, 2.05) is 0 Å². The number of aromatic hydroxyl groups is 1. The average molecular weight is 599 g/mol. The topological polar surface area (TPSA) is 225 Å². The molecule has 0 spiro atoms. The van der Waals surface area contributed by atoms with Gasteiger partial charge in [0.15, 0.2) is 9.84 Å². The summed E-state index contributed by atoms with van der Waals surface area (Å²) in [5.74, 6) is -3.60. The fourth-order valence-corrected chi connectivity index (χ4v) is 9.20. The van der Waals surface area contributed by atoms with E-state index in [1.54, 1.807) is 13.8 Å². The van der Waals surface area contributed by atoms with Crippen LogP contribution in [-0.2, 0) is 33.8 Å². The number of nitrogens with zero attached hydrogens (tertiary/aromatic N) is 2. The first-order chi connectivity index (χ1) is 18.3. The summed E-state index contributed by atoms with van der Waals surface area (Å²) in [6.07, 6.45) is -0.0878. The van der Waals surface area contributed by atoms with E-state index in [4.69, 9.17) is 10.8 Å². The van der Waals surface area contributed by atoms with E-state index >= 15 is 0 Å². The molecular formula is C24H30N4O10S2. The molecule has 0 aliphatic carbocycles. The van der Waals surface area contributed by atoms with Crippen molar-refractivity contribution in [1.29, 1.82) is 0 Å². The lowest BCUT2D eigenvalue weighted by molar-refractivity contribution is -0.161. The summed E-state index contributed by atoms with van der Waals surface area (Å²) in [6, 6.07) is 1.95. The first-order valence-electron chi connectivity index (χ1n) is 12.2. The van der Waals surface area contributed by atoms with Gasteiger partial charge in [-0.3, -0.25) is 14.4 Å². The Kier molecular flexibility index (Phi) is 7.12. The van der Waals surface area contributed by atoms with Crippen molar-refractivity contribution in [3.63, 3.8) is 0 Å². The maximum absolute atomic E-state index is 12.3. The number of thioether (sulfide) groups is 1. The highest BCUT2D eigenvalue weighted by molar-refractivity contribution is 8.01. The van der Waals surface area contributed by atoms with E-state index in [1.165, 1.54) is 54.8 Å². The summed E-state index contributed by atoms with van der Waals surface area (Å²) < 4.78 is 21.7. The fourth-order valence-electron chi connectivity index (χ4n) is 5.45. The van der Waals surface area contributed by atoms with Gasteiger partial charge in [-0.1, -0.05) is 12.1 Å². The van der Waals surface area contributed by atoms with Crippen molar-refractivity contribution in [1.82, 2.24) is 15.1 Å². The molecule has 4 heterocycles. The second-order valence-electron chi connectivity index (χ2n) is 11.0. The number of phenols is 1. The highest BCUT2D eigenvalue weighted by Gasteiger charge is 2.68. The lowest BCUT2D eigenvalue weighted by Crippen LogP contribution is -2.71. The molecule has 1 aromatic rings. The Morgan fingerprint density at radius 3 is 2.05 bits per heavy atom. The maximum atomic E-state index is 12.3. The minimum Gasteiger partial charge on any atom is -0.508 e. The van der Waals surface area contributed by atoms with Crippen molar-refractivity contribution in [2.45, 2.75) is 78.5 Å². The van der Waals surface area contributed by atoms with Gasteiger partial charge in [0, 0.05) is 4.75 Å². The minimum absolute atomic E-state index is 0.0606. The van der Waals surface area contributed by atoms with E-state index in [0.29, 0.717) is 5.56 Å². The summed E-state index contributed by atoms with van der Waals surface area (Å²) in [5.41, 5.74) is 6.41. The molecule has 4 saturated heterocycles. The van der Waals surface area contributed by atoms with Crippen LogP contribution in [-0.4, -0.2) is 102 Å². The van der Waals surface area contributed by atoms with Crippen LogP contribution in [0.3, 0.4) is 0 Å². The van der Waals surface area contributed by atoms with E-state index in [-0.39, 0.29) is 12.2 Å². The number of nitrogens with two attached hydrogens (primary N) is 1. The molecule has 1 aromatic carbocycles. The Hall–Kier alpha value is -3.37. The third-order valence-corrected chi connectivity index (χ3v) is 12.1. The van der Waals surface area contributed by atoms with Crippen LogP contribution in [0.25, 0.3) is 0 Å². The third kappa shape index (κ3) is 4.37. The fraction of sp³-hybridized carbons (Fsp3) is 0.542. The zero-order valence-corrected chi connectivity index (χ0v) is 23.6. The zero-order valence-electron chi connectivity index (χ0n) is 22.0. The lowest BCUT2D eigenvalue weighted by atomic mass is 9.95. The number of nitrogens with one attached hydrogen (secondary N) is 1. The number of sulfone groups is 1. The number of carbonyl (C=O) groups is 5. The van der Waals surface area contributed by atoms with Crippen molar-refractivity contribution in [2.24, 2.45) is 5.73 Å². The van der Waals surface area contributed by atoms with Gasteiger partial charge in [-0.05, 0) is 45.4 Å². The molecule has 218 valence electrons. The van der Waals surface area contributed by atoms with E-state index < -0.39 is 83.9 Å². The van der Waals surface area contributed by atoms with Crippen molar-refractivity contribution in [2.75, 3.05) is 0 Å². The van der Waals surface area contributed by atoms with Crippen LogP contribution in [0.4, 0.5) is 0 Å². The van der Waals surface area contributed by atoms with Crippen LogP contribution in [0.1, 0.15) is 45.7 Å². The maximum Gasteiger partial charge on any atom is 0.328 e. The van der Waals surface area contributed by atoms with Crippen LogP contribution >= 0.6 is 11.8 Å². The molecule has 0 radical (unpaired) electrons. The largest absolute Gasteiger partial charge is 0.508 e. The Morgan fingerprint density at radius 2 is 1.57 bits per heavy atom. The molecule has 0 aromatic heterocycles. The molecule has 16 heteroatoms. The van der Waals surface area contributed by atoms with Crippen LogP contribution in [0.15, 0.2) is 24.3 Å². The molecule has 6 atom stereocenters. The first kappa shape index (κ1) is 29.6. The van der Waals surface area contributed by atoms with Crippen molar-refractivity contribution in [3.8, 4) is 5.75 Å². The van der Waals surface area contributed by atoms with Gasteiger partial charge in [0.2, 0.25) is 17.7 Å². The standard InChI is InChI=1S/C16H19N3O5S.C8H11NO5S/c1-16(2)11(15(23)24)19-13(22)10(14(19)25-16)18-12(21)9(17)7-3-5-8(20)6-4-7;1-8(2)6(7(11)12)9-4(10)3-5(9)15(8,13)14/h3-6,9-11,14,20H,17H2,1-2H3,(H,18,21)(H,23,24);5-6H,3H2,1-2H3,(H,11,12)/t9-,10-,11+,14-;5-,6+/m11/s1. The normalized spacial score (nSPS) is 31.0. The third-order valence-electron chi connectivity index (χ3n) is 7.72. The number of carbonyl (C=O) groups excluding carboxylic acids is 3. The monoisotopic (exact) mass is 598 g/mol. The summed E-state index contributed by atoms with van der Waals surface area (Å²) >= 11 is 1.35. The van der Waals surface area contributed by atoms with Gasteiger partial charge in [0.1, 0.15) is 40.7 Å². The molecule has 14 nitrogen and oxygen atoms in total. The number of aliphatic carboxylic acids is 2. The van der Waals surface area contributed by atoms with Gasteiger partial charge in [-0.15, -0.1) is 11.8 Å². The quantitative estimate of drug-likeness (QED) is 0.263. The number of benzene rings is 1. The van der Waals surface area contributed by atoms with Crippen LogP contribution in [0.2, 0.25) is 0 Å². The number of hydrogen-bond donors (Lipinski definition) is 5. The molecule has 3 amide bonds. The predicted molar refractivity (Wildman–Crippen MR) is 140 cm³/mol. The number of β-lactam (4-membered cyclic amide) rings is 2. The van der Waals surface area contributed by atoms with Gasteiger partial charge in [-0.2, -0.15) is 0 Å². The number of fused-ring (bicyclic) bond motifs is 2. The van der Waals surface area contributed by atoms with E-state index in [9.17, 15) is 42.6 Å².